The van der Waals surface area contributed by atoms with Crippen LogP contribution in [0.3, 0.4) is 0 Å². The zero-order valence-corrected chi connectivity index (χ0v) is 15.4. The molecule has 2 rings (SSSR count). The van der Waals surface area contributed by atoms with Crippen LogP contribution in [0.15, 0.2) is 44.9 Å². The van der Waals surface area contributed by atoms with Crippen LogP contribution in [0.1, 0.15) is 12.8 Å². The molecule has 2 aromatic rings. The molecular weight excluding hydrogens is 414 g/mol. The maximum absolute atomic E-state index is 12.6. The van der Waals surface area contributed by atoms with Gasteiger partial charge in [-0.05, 0) is 17.0 Å². The van der Waals surface area contributed by atoms with Crippen LogP contribution in [0.4, 0.5) is 0 Å². The van der Waals surface area contributed by atoms with Crippen molar-refractivity contribution in [2.45, 2.75) is 28.8 Å². The molecule has 1 aromatic heterocycles. The van der Waals surface area contributed by atoms with Gasteiger partial charge in [0.2, 0.25) is 5.91 Å². The molecule has 0 spiro atoms. The Bertz CT molecular complexity index is 1000. The molecule has 0 saturated heterocycles. The summed E-state index contributed by atoms with van der Waals surface area (Å²) in [5.41, 5.74) is 0. The summed E-state index contributed by atoms with van der Waals surface area (Å²) in [5.74, 6) is -4.52. The van der Waals surface area contributed by atoms with E-state index in [0.717, 1.165) is 0 Å². The first-order valence-corrected chi connectivity index (χ1v) is 9.38. The van der Waals surface area contributed by atoms with E-state index in [0.29, 0.717) is 0 Å². The van der Waals surface area contributed by atoms with E-state index >= 15 is 0 Å². The molecule has 0 aliphatic heterocycles. The second kappa shape index (κ2) is 9.01. The maximum atomic E-state index is 12.6. The number of ether oxygens (including phenoxy) is 1. The second-order valence-corrected chi connectivity index (χ2v) is 7.38. The molecule has 0 aliphatic carbocycles. The summed E-state index contributed by atoms with van der Waals surface area (Å²) in [6, 6.07) is 5.29. The molecule has 1 atom stereocenters. The van der Waals surface area contributed by atoms with Gasteiger partial charge in [0.15, 0.2) is 0 Å². The Labute approximate surface area is 162 Å². The number of aliphatic carboxylic acids is 2. The SMILES string of the molecule is O=C(O)CC(NC(=O)CCOc1no[n+]([O-])c1S(=O)(=O)c1ccccc1)C(=O)O. The molecule has 156 valence electrons. The molecule has 1 heterocycles. The van der Waals surface area contributed by atoms with Crippen LogP contribution in [0.5, 0.6) is 5.88 Å². The number of amides is 1. The lowest BCUT2D eigenvalue weighted by Crippen LogP contribution is -2.42. The minimum atomic E-state index is -4.33. The highest BCUT2D eigenvalue weighted by Crippen LogP contribution is 2.24. The van der Waals surface area contributed by atoms with Crippen LogP contribution in [-0.2, 0) is 24.2 Å². The summed E-state index contributed by atoms with van der Waals surface area (Å²) in [6.07, 6.45) is -1.30. The molecule has 0 saturated carbocycles. The summed E-state index contributed by atoms with van der Waals surface area (Å²) in [6.45, 7) is -0.491. The van der Waals surface area contributed by atoms with E-state index in [1.165, 1.54) is 24.3 Å². The fourth-order valence-electron chi connectivity index (χ4n) is 2.12. The summed E-state index contributed by atoms with van der Waals surface area (Å²) >= 11 is 0. The van der Waals surface area contributed by atoms with Gasteiger partial charge in [-0.2, -0.15) is 0 Å². The number of nitrogens with one attached hydrogen (secondary N) is 1. The second-order valence-electron chi connectivity index (χ2n) is 5.51. The molecule has 0 fully saturated rings. The minimum absolute atomic E-state index is 0.214. The Morgan fingerprint density at radius 3 is 2.48 bits per heavy atom. The van der Waals surface area contributed by atoms with Crippen molar-refractivity contribution in [3.05, 3.63) is 35.5 Å². The third-order valence-electron chi connectivity index (χ3n) is 3.43. The Balaban J connectivity index is 2.05. The average molecular weight is 429 g/mol. The van der Waals surface area contributed by atoms with Gasteiger partial charge in [0, 0.05) is 0 Å². The lowest BCUT2D eigenvalue weighted by molar-refractivity contribution is -0.832. The third kappa shape index (κ3) is 5.41. The number of carbonyl (C=O) groups is 3. The lowest BCUT2D eigenvalue weighted by atomic mass is 10.2. The van der Waals surface area contributed by atoms with Gasteiger partial charge in [-0.15, -0.1) is 0 Å². The van der Waals surface area contributed by atoms with Crippen molar-refractivity contribution in [2.75, 3.05) is 6.61 Å². The van der Waals surface area contributed by atoms with E-state index in [1.54, 1.807) is 6.07 Å². The average Bonchev–Trinajstić information content (AvgIpc) is 3.02. The van der Waals surface area contributed by atoms with E-state index < -0.39 is 64.1 Å². The standard InChI is InChI=1S/C15H15N3O10S/c19-11(16-10(15(22)23)8-12(20)21)6-7-27-13-14(18(24)28-17-13)29(25,26)9-4-2-1-3-5-9/h1-5,10H,6-8H2,(H,16,19)(H,20,21)(H,22,23). The first kappa shape index (κ1) is 21.6. The van der Waals surface area contributed by atoms with Crippen molar-refractivity contribution in [3.63, 3.8) is 0 Å². The first-order valence-electron chi connectivity index (χ1n) is 7.89. The summed E-state index contributed by atoms with van der Waals surface area (Å²) < 4.78 is 34.4. The number of hydrogen-bond acceptors (Lipinski definition) is 9. The van der Waals surface area contributed by atoms with Crippen molar-refractivity contribution >= 4 is 27.7 Å². The zero-order chi connectivity index (χ0) is 21.6. The quantitative estimate of drug-likeness (QED) is 0.389. The van der Waals surface area contributed by atoms with Gasteiger partial charge in [-0.3, -0.25) is 14.2 Å². The monoisotopic (exact) mass is 429 g/mol. The van der Waals surface area contributed by atoms with E-state index in [-0.39, 0.29) is 9.80 Å². The molecule has 0 aliphatic rings. The maximum Gasteiger partial charge on any atom is 0.414 e. The van der Waals surface area contributed by atoms with Crippen LogP contribution in [0.25, 0.3) is 0 Å². The fraction of sp³-hybridized carbons (Fsp3) is 0.267. The van der Waals surface area contributed by atoms with Crippen LogP contribution in [0, 0.1) is 5.21 Å². The minimum Gasteiger partial charge on any atom is -0.481 e. The van der Waals surface area contributed by atoms with Gasteiger partial charge >= 0.3 is 22.8 Å². The number of carboxylic acid groups (broad SMARTS) is 2. The van der Waals surface area contributed by atoms with Gasteiger partial charge in [0.25, 0.3) is 9.84 Å². The van der Waals surface area contributed by atoms with Gasteiger partial charge in [0.1, 0.15) is 12.6 Å². The Hall–Kier alpha value is -3.68. The molecule has 29 heavy (non-hydrogen) atoms. The largest absolute Gasteiger partial charge is 0.481 e. The summed E-state index contributed by atoms with van der Waals surface area (Å²) in [5, 5.41) is 33.5. The molecule has 1 unspecified atom stereocenters. The molecule has 14 heteroatoms. The van der Waals surface area contributed by atoms with Crippen molar-refractivity contribution in [1.82, 2.24) is 10.5 Å². The summed E-state index contributed by atoms with van der Waals surface area (Å²) in [7, 11) is -4.33. The molecule has 3 N–H and O–H groups in total. The van der Waals surface area contributed by atoms with Crippen molar-refractivity contribution in [2.24, 2.45) is 0 Å². The van der Waals surface area contributed by atoms with E-state index in [1.807, 2.05) is 5.32 Å². The predicted molar refractivity (Wildman–Crippen MR) is 89.3 cm³/mol. The van der Waals surface area contributed by atoms with Gasteiger partial charge in [-0.1, -0.05) is 18.2 Å². The van der Waals surface area contributed by atoms with Crippen molar-refractivity contribution in [3.8, 4) is 5.88 Å². The fourth-order valence-corrected chi connectivity index (χ4v) is 3.42. The van der Waals surface area contributed by atoms with Crippen LogP contribution < -0.4 is 15.0 Å². The van der Waals surface area contributed by atoms with Crippen LogP contribution in [0.2, 0.25) is 0 Å². The molecule has 1 amide bonds. The highest BCUT2D eigenvalue weighted by Gasteiger charge is 2.35. The molecule has 0 radical (unpaired) electrons. The van der Waals surface area contributed by atoms with Gasteiger partial charge in [0.05, 0.1) is 22.9 Å². The lowest BCUT2D eigenvalue weighted by Gasteiger charge is -2.12. The number of hydrogen-bond donors (Lipinski definition) is 3. The van der Waals surface area contributed by atoms with Crippen LogP contribution in [-0.4, -0.2) is 54.3 Å². The highest BCUT2D eigenvalue weighted by molar-refractivity contribution is 7.91. The smallest absolute Gasteiger partial charge is 0.414 e. The zero-order valence-electron chi connectivity index (χ0n) is 14.5. The van der Waals surface area contributed by atoms with E-state index in [4.69, 9.17) is 14.9 Å². The number of aromatic nitrogens is 2. The molecular formula is C15H15N3O10S. The Morgan fingerprint density at radius 2 is 1.90 bits per heavy atom. The number of rotatable bonds is 10. The Kier molecular flexibility index (Phi) is 6.71. The first-order chi connectivity index (χ1) is 13.6. The van der Waals surface area contributed by atoms with Gasteiger partial charge in [-0.25, -0.2) is 13.2 Å². The van der Waals surface area contributed by atoms with E-state index in [9.17, 15) is 28.0 Å². The number of benzene rings is 1. The predicted octanol–water partition coefficient (Wildman–Crippen LogP) is -1.05. The summed E-state index contributed by atoms with van der Waals surface area (Å²) in [4.78, 5) is 32.7. The molecule has 1 aromatic carbocycles. The Morgan fingerprint density at radius 1 is 1.24 bits per heavy atom. The molecule has 13 nitrogen and oxygen atoms in total. The third-order valence-corrected chi connectivity index (χ3v) is 5.16. The number of nitrogens with zero attached hydrogens (tertiary/aromatic N) is 2. The number of carbonyl (C=O) groups excluding carboxylic acids is 1. The number of carboxylic acids is 2. The van der Waals surface area contributed by atoms with Gasteiger partial charge < -0.3 is 25.5 Å². The molecule has 0 bridgehead atoms. The van der Waals surface area contributed by atoms with Crippen LogP contribution >= 0.6 is 0 Å². The number of sulfone groups is 1. The van der Waals surface area contributed by atoms with Crippen molar-refractivity contribution in [1.29, 1.82) is 0 Å². The normalized spacial score (nSPS) is 12.1. The highest BCUT2D eigenvalue weighted by atomic mass is 32.2. The topological polar surface area (TPSA) is 200 Å². The van der Waals surface area contributed by atoms with Crippen molar-refractivity contribution < 1.29 is 47.3 Å². The van der Waals surface area contributed by atoms with E-state index in [2.05, 4.69) is 9.79 Å².